The van der Waals surface area contributed by atoms with Crippen LogP contribution in [0.1, 0.15) is 18.4 Å². The van der Waals surface area contributed by atoms with Crippen molar-refractivity contribution in [2.24, 2.45) is 0 Å². The second-order valence-corrected chi connectivity index (χ2v) is 3.93. The molecule has 0 fully saturated rings. The number of rotatable bonds is 6. The van der Waals surface area contributed by atoms with Crippen molar-refractivity contribution in [2.75, 3.05) is 12.4 Å². The molecule has 1 amide bonds. The highest BCUT2D eigenvalue weighted by Crippen LogP contribution is 2.04. The molecule has 16 heavy (non-hydrogen) atoms. The number of alkyl halides is 1. The van der Waals surface area contributed by atoms with Crippen molar-refractivity contribution < 1.29 is 9.18 Å². The molecule has 4 heteroatoms. The second kappa shape index (κ2) is 7.23. The van der Waals surface area contributed by atoms with Crippen molar-refractivity contribution in [3.8, 4) is 0 Å². The van der Waals surface area contributed by atoms with Crippen LogP contribution in [0.2, 0.25) is 0 Å². The van der Waals surface area contributed by atoms with Crippen LogP contribution in [0.3, 0.4) is 0 Å². The maximum atomic E-state index is 12.8. The van der Waals surface area contributed by atoms with Crippen LogP contribution < -0.4 is 5.32 Å². The normalized spacial score (nSPS) is 10.1. The van der Waals surface area contributed by atoms with Crippen molar-refractivity contribution in [1.82, 2.24) is 5.32 Å². The van der Waals surface area contributed by atoms with Gasteiger partial charge in [0.1, 0.15) is 5.82 Å². The minimum atomic E-state index is -0.313. The monoisotopic (exact) mass is 243 g/mol. The number of halogens is 2. The van der Waals surface area contributed by atoms with Crippen molar-refractivity contribution in [3.63, 3.8) is 0 Å². The Morgan fingerprint density at radius 3 is 2.88 bits per heavy atom. The van der Waals surface area contributed by atoms with Crippen molar-refractivity contribution in [2.45, 2.75) is 19.3 Å². The lowest BCUT2D eigenvalue weighted by molar-refractivity contribution is -0.120. The lowest BCUT2D eigenvalue weighted by Gasteiger charge is -2.04. The number of hydrogen-bond donors (Lipinski definition) is 1. The van der Waals surface area contributed by atoms with Crippen LogP contribution in [0.4, 0.5) is 4.39 Å². The minimum Gasteiger partial charge on any atom is -0.356 e. The highest BCUT2D eigenvalue weighted by atomic mass is 35.5. The molecule has 0 spiro atoms. The van der Waals surface area contributed by atoms with E-state index in [2.05, 4.69) is 5.32 Å². The lowest BCUT2D eigenvalue weighted by atomic mass is 10.1. The smallest absolute Gasteiger partial charge is 0.224 e. The average molecular weight is 244 g/mol. The molecule has 0 saturated heterocycles. The van der Waals surface area contributed by atoms with E-state index in [4.69, 9.17) is 11.6 Å². The summed E-state index contributed by atoms with van der Waals surface area (Å²) in [6.45, 7) is 0.626. The summed E-state index contributed by atoms with van der Waals surface area (Å²) in [5.41, 5.74) is 0.690. The van der Waals surface area contributed by atoms with E-state index in [-0.39, 0.29) is 18.1 Å². The number of amides is 1. The second-order valence-electron chi connectivity index (χ2n) is 3.55. The quantitative estimate of drug-likeness (QED) is 0.604. The molecule has 1 aromatic carbocycles. The lowest BCUT2D eigenvalue weighted by Crippen LogP contribution is -2.26. The van der Waals surface area contributed by atoms with E-state index in [1.807, 2.05) is 0 Å². The van der Waals surface area contributed by atoms with Gasteiger partial charge in [-0.25, -0.2) is 4.39 Å². The summed E-state index contributed by atoms with van der Waals surface area (Å²) in [4.78, 5) is 11.4. The van der Waals surface area contributed by atoms with E-state index in [9.17, 15) is 9.18 Å². The molecule has 88 valence electrons. The van der Waals surface area contributed by atoms with E-state index < -0.39 is 0 Å². The van der Waals surface area contributed by atoms with E-state index in [1.54, 1.807) is 12.1 Å². The van der Waals surface area contributed by atoms with Crippen LogP contribution in [0, 0.1) is 5.82 Å². The molecule has 0 unspecified atom stereocenters. The number of benzene rings is 1. The van der Waals surface area contributed by atoms with E-state index in [0.717, 1.165) is 12.8 Å². The Labute approximate surface area is 99.8 Å². The Morgan fingerprint density at radius 1 is 1.38 bits per heavy atom. The maximum absolute atomic E-state index is 12.8. The zero-order valence-electron chi connectivity index (χ0n) is 9.01. The highest BCUT2D eigenvalue weighted by molar-refractivity contribution is 6.17. The fourth-order valence-electron chi connectivity index (χ4n) is 1.34. The van der Waals surface area contributed by atoms with E-state index in [1.165, 1.54) is 12.1 Å². The van der Waals surface area contributed by atoms with Gasteiger partial charge in [0, 0.05) is 12.4 Å². The predicted octanol–water partition coefficient (Wildman–Crippen LogP) is 2.50. The molecule has 1 rings (SSSR count). The molecule has 0 atom stereocenters. The zero-order chi connectivity index (χ0) is 11.8. The van der Waals surface area contributed by atoms with Gasteiger partial charge in [0.2, 0.25) is 5.91 Å². The number of carbonyl (C=O) groups is 1. The van der Waals surface area contributed by atoms with Crippen LogP contribution in [-0.2, 0) is 11.2 Å². The zero-order valence-corrected chi connectivity index (χ0v) is 9.77. The molecule has 0 aliphatic carbocycles. The third kappa shape index (κ3) is 5.12. The largest absolute Gasteiger partial charge is 0.356 e. The third-order valence-corrected chi connectivity index (χ3v) is 2.40. The fourth-order valence-corrected chi connectivity index (χ4v) is 1.53. The molecular weight excluding hydrogens is 229 g/mol. The Balaban J connectivity index is 2.29. The Morgan fingerprint density at radius 2 is 2.19 bits per heavy atom. The van der Waals surface area contributed by atoms with Gasteiger partial charge in [0.25, 0.3) is 0 Å². The number of nitrogens with one attached hydrogen (secondary N) is 1. The first-order valence-corrected chi connectivity index (χ1v) is 5.83. The number of hydrogen-bond acceptors (Lipinski definition) is 1. The van der Waals surface area contributed by atoms with Gasteiger partial charge in [-0.15, -0.1) is 11.6 Å². The van der Waals surface area contributed by atoms with Gasteiger partial charge in [0.05, 0.1) is 6.42 Å². The summed E-state index contributed by atoms with van der Waals surface area (Å²) in [5, 5.41) is 2.77. The number of unbranched alkanes of at least 4 members (excludes halogenated alkanes) is 1. The number of carbonyl (C=O) groups excluding carboxylic acids is 1. The molecule has 0 aromatic heterocycles. The van der Waals surface area contributed by atoms with E-state index in [0.29, 0.717) is 18.0 Å². The maximum Gasteiger partial charge on any atom is 0.224 e. The Bertz CT molecular complexity index is 344. The van der Waals surface area contributed by atoms with Gasteiger partial charge >= 0.3 is 0 Å². The van der Waals surface area contributed by atoms with Crippen molar-refractivity contribution in [3.05, 3.63) is 35.6 Å². The predicted molar refractivity (Wildman–Crippen MR) is 63.1 cm³/mol. The molecule has 0 heterocycles. The molecule has 0 bridgehead atoms. The molecule has 0 radical (unpaired) electrons. The Hall–Kier alpha value is -1.09. The van der Waals surface area contributed by atoms with Gasteiger partial charge in [-0.1, -0.05) is 12.1 Å². The van der Waals surface area contributed by atoms with Crippen molar-refractivity contribution >= 4 is 17.5 Å². The van der Waals surface area contributed by atoms with Gasteiger partial charge in [-0.05, 0) is 30.5 Å². The van der Waals surface area contributed by atoms with Crippen LogP contribution in [-0.4, -0.2) is 18.3 Å². The van der Waals surface area contributed by atoms with Gasteiger partial charge in [-0.3, -0.25) is 4.79 Å². The van der Waals surface area contributed by atoms with E-state index >= 15 is 0 Å². The molecular formula is C12H15ClFNO. The summed E-state index contributed by atoms with van der Waals surface area (Å²) < 4.78 is 12.8. The SMILES string of the molecule is O=C(Cc1cccc(F)c1)NCCCCCl. The summed E-state index contributed by atoms with van der Waals surface area (Å²) in [5.74, 6) is 0.215. The molecule has 0 saturated carbocycles. The van der Waals surface area contributed by atoms with Gasteiger partial charge in [0.15, 0.2) is 0 Å². The van der Waals surface area contributed by atoms with Gasteiger partial charge in [-0.2, -0.15) is 0 Å². The summed E-state index contributed by atoms with van der Waals surface area (Å²) in [6, 6.07) is 6.08. The van der Waals surface area contributed by atoms with Crippen LogP contribution in [0.15, 0.2) is 24.3 Å². The summed E-state index contributed by atoms with van der Waals surface area (Å²) in [7, 11) is 0. The Kier molecular flexibility index (Phi) is 5.86. The molecule has 0 aliphatic heterocycles. The average Bonchev–Trinajstić information content (AvgIpc) is 2.24. The molecule has 2 nitrogen and oxygen atoms in total. The first kappa shape index (κ1) is 13.0. The third-order valence-electron chi connectivity index (χ3n) is 2.14. The molecule has 1 aromatic rings. The first-order valence-electron chi connectivity index (χ1n) is 5.29. The first-order chi connectivity index (χ1) is 7.72. The summed E-state index contributed by atoms with van der Waals surface area (Å²) >= 11 is 5.51. The topological polar surface area (TPSA) is 29.1 Å². The van der Waals surface area contributed by atoms with Crippen LogP contribution in [0.5, 0.6) is 0 Å². The molecule has 1 N–H and O–H groups in total. The minimum absolute atomic E-state index is 0.0832. The van der Waals surface area contributed by atoms with Crippen LogP contribution in [0.25, 0.3) is 0 Å². The standard InChI is InChI=1S/C12H15ClFNO/c13-6-1-2-7-15-12(16)9-10-4-3-5-11(14)8-10/h3-5,8H,1-2,6-7,9H2,(H,15,16). The van der Waals surface area contributed by atoms with Gasteiger partial charge < -0.3 is 5.32 Å². The van der Waals surface area contributed by atoms with Crippen LogP contribution >= 0.6 is 11.6 Å². The summed E-state index contributed by atoms with van der Waals surface area (Å²) in [6.07, 6.45) is 1.98. The van der Waals surface area contributed by atoms with Crippen molar-refractivity contribution in [1.29, 1.82) is 0 Å². The molecule has 0 aliphatic rings. The fraction of sp³-hybridized carbons (Fsp3) is 0.417. The highest BCUT2D eigenvalue weighted by Gasteiger charge is 2.03.